The molecular formula is C26H42O5. The fourth-order valence-corrected chi connectivity index (χ4v) is 3.52. The maximum atomic E-state index is 12.9. The fraction of sp³-hybridized carbons (Fsp3) is 0.692. The quantitative estimate of drug-likeness (QED) is 0.189. The molecule has 0 fully saturated rings. The summed E-state index contributed by atoms with van der Waals surface area (Å²) in [6.45, 7) is 5.37. The largest absolute Gasteiger partial charge is 0.462 e. The Morgan fingerprint density at radius 1 is 0.742 bits per heavy atom. The molecule has 0 bridgehead atoms. The second kappa shape index (κ2) is 17.8. The minimum absolute atomic E-state index is 0.165. The van der Waals surface area contributed by atoms with E-state index in [1.54, 1.807) is 31.4 Å². The number of rotatable bonds is 18. The van der Waals surface area contributed by atoms with Gasteiger partial charge in [0.05, 0.1) is 17.7 Å². The molecular weight excluding hydrogens is 392 g/mol. The lowest BCUT2D eigenvalue weighted by Crippen LogP contribution is -2.21. The van der Waals surface area contributed by atoms with Crippen molar-refractivity contribution < 1.29 is 23.8 Å². The molecule has 0 N–H and O–H groups in total. The Balaban J connectivity index is 2.66. The molecule has 0 amide bonds. The maximum absolute atomic E-state index is 12.9. The van der Waals surface area contributed by atoms with Gasteiger partial charge >= 0.3 is 11.9 Å². The topological polar surface area (TPSA) is 61.8 Å². The van der Waals surface area contributed by atoms with Crippen LogP contribution >= 0.6 is 0 Å². The van der Waals surface area contributed by atoms with Crippen molar-refractivity contribution in [3.63, 3.8) is 0 Å². The third kappa shape index (κ3) is 11.9. The van der Waals surface area contributed by atoms with E-state index in [4.69, 9.17) is 14.2 Å². The van der Waals surface area contributed by atoms with Gasteiger partial charge in [0.2, 0.25) is 0 Å². The number of hydrogen-bond donors (Lipinski definition) is 0. The van der Waals surface area contributed by atoms with Crippen LogP contribution in [0, 0.1) is 0 Å². The van der Waals surface area contributed by atoms with Crippen molar-refractivity contribution in [3.8, 4) is 0 Å². The molecule has 1 atom stereocenters. The molecule has 1 aromatic carbocycles. The number of carbonyl (C=O) groups excluding carboxylic acids is 2. The van der Waals surface area contributed by atoms with Gasteiger partial charge in [-0.1, -0.05) is 70.9 Å². The molecule has 0 aromatic heterocycles. The second-order valence-corrected chi connectivity index (χ2v) is 8.11. The first-order valence-corrected chi connectivity index (χ1v) is 12.1. The van der Waals surface area contributed by atoms with Crippen molar-refractivity contribution in [2.45, 2.75) is 97.0 Å². The summed E-state index contributed by atoms with van der Waals surface area (Å²) in [5.41, 5.74) is 0.562. The van der Waals surface area contributed by atoms with E-state index in [0.29, 0.717) is 13.2 Å². The van der Waals surface area contributed by atoms with Crippen LogP contribution in [0.15, 0.2) is 24.3 Å². The first-order chi connectivity index (χ1) is 15.1. The molecule has 5 nitrogen and oxygen atoms in total. The van der Waals surface area contributed by atoms with Gasteiger partial charge in [0.1, 0.15) is 6.10 Å². The van der Waals surface area contributed by atoms with Crippen LogP contribution in [0.25, 0.3) is 0 Å². The van der Waals surface area contributed by atoms with Crippen molar-refractivity contribution in [2.24, 2.45) is 0 Å². The zero-order chi connectivity index (χ0) is 22.7. The summed E-state index contributed by atoms with van der Waals surface area (Å²) >= 11 is 0. The van der Waals surface area contributed by atoms with Crippen molar-refractivity contribution in [3.05, 3.63) is 35.4 Å². The van der Waals surface area contributed by atoms with E-state index in [1.165, 1.54) is 25.7 Å². The smallest absolute Gasteiger partial charge is 0.339 e. The van der Waals surface area contributed by atoms with E-state index in [9.17, 15) is 9.59 Å². The van der Waals surface area contributed by atoms with Crippen molar-refractivity contribution in [1.29, 1.82) is 0 Å². The highest BCUT2D eigenvalue weighted by Crippen LogP contribution is 2.18. The summed E-state index contributed by atoms with van der Waals surface area (Å²) in [7, 11) is 1.67. The summed E-state index contributed by atoms with van der Waals surface area (Å²) in [5.74, 6) is -0.907. The van der Waals surface area contributed by atoms with Gasteiger partial charge in [-0.05, 0) is 44.2 Å². The van der Waals surface area contributed by atoms with E-state index in [1.807, 2.05) is 0 Å². The fourth-order valence-electron chi connectivity index (χ4n) is 3.52. The normalized spacial score (nSPS) is 11.8. The third-order valence-corrected chi connectivity index (χ3v) is 5.38. The lowest BCUT2D eigenvalue weighted by molar-refractivity contribution is 0.0224. The average Bonchev–Trinajstić information content (AvgIpc) is 2.78. The summed E-state index contributed by atoms with van der Waals surface area (Å²) in [5, 5.41) is 0. The summed E-state index contributed by atoms with van der Waals surface area (Å²) in [6.07, 6.45) is 12.2. The lowest BCUT2D eigenvalue weighted by Gasteiger charge is -2.19. The van der Waals surface area contributed by atoms with Crippen LogP contribution in [0.5, 0.6) is 0 Å². The Kier molecular flexibility index (Phi) is 15.6. The monoisotopic (exact) mass is 434 g/mol. The molecule has 31 heavy (non-hydrogen) atoms. The molecule has 0 saturated carbocycles. The highest BCUT2D eigenvalue weighted by Gasteiger charge is 2.22. The molecule has 0 saturated heterocycles. The Morgan fingerprint density at radius 2 is 1.32 bits per heavy atom. The number of methoxy groups -OCH3 is 1. The molecule has 1 unspecified atom stereocenters. The minimum atomic E-state index is -0.457. The van der Waals surface area contributed by atoms with Gasteiger partial charge < -0.3 is 14.2 Å². The van der Waals surface area contributed by atoms with Crippen LogP contribution in [-0.2, 0) is 14.2 Å². The minimum Gasteiger partial charge on any atom is -0.462 e. The van der Waals surface area contributed by atoms with Crippen LogP contribution in [0.2, 0.25) is 0 Å². The average molecular weight is 435 g/mol. The van der Waals surface area contributed by atoms with E-state index in [-0.39, 0.29) is 17.2 Å². The molecule has 0 aliphatic heterocycles. The second-order valence-electron chi connectivity index (χ2n) is 8.11. The van der Waals surface area contributed by atoms with Crippen molar-refractivity contribution >= 4 is 11.9 Å². The molecule has 176 valence electrons. The lowest BCUT2D eigenvalue weighted by atomic mass is 10.0. The third-order valence-electron chi connectivity index (χ3n) is 5.38. The Bertz CT molecular complexity index is 614. The number of unbranched alkanes of at least 4 members (excludes halogenated alkanes) is 7. The van der Waals surface area contributed by atoms with E-state index < -0.39 is 11.9 Å². The van der Waals surface area contributed by atoms with Crippen LogP contribution in [0.4, 0.5) is 0 Å². The number of hydrogen-bond acceptors (Lipinski definition) is 5. The Hall–Kier alpha value is -1.88. The van der Waals surface area contributed by atoms with Gasteiger partial charge in [0.25, 0.3) is 0 Å². The Labute approximate surface area is 188 Å². The number of ether oxygens (including phenoxy) is 3. The molecule has 0 aliphatic rings. The highest BCUT2D eigenvalue weighted by molar-refractivity contribution is 6.03. The molecule has 0 spiro atoms. The number of benzene rings is 1. The van der Waals surface area contributed by atoms with Crippen LogP contribution in [0.3, 0.4) is 0 Å². The summed E-state index contributed by atoms with van der Waals surface area (Å²) < 4.78 is 16.4. The van der Waals surface area contributed by atoms with E-state index in [0.717, 1.165) is 51.4 Å². The van der Waals surface area contributed by atoms with Gasteiger partial charge in [-0.15, -0.1) is 0 Å². The SMILES string of the molecule is CCCCCCCOC(=O)c1ccccc1C(=O)OC(CCCCCC)CCCOC. The zero-order valence-electron chi connectivity index (χ0n) is 19.8. The van der Waals surface area contributed by atoms with Crippen LogP contribution < -0.4 is 0 Å². The van der Waals surface area contributed by atoms with Gasteiger partial charge in [-0.3, -0.25) is 0 Å². The predicted molar refractivity (Wildman–Crippen MR) is 125 cm³/mol. The number of carbonyl (C=O) groups is 2. The first-order valence-electron chi connectivity index (χ1n) is 12.1. The Morgan fingerprint density at radius 3 is 1.97 bits per heavy atom. The molecule has 5 heteroatoms. The highest BCUT2D eigenvalue weighted by atomic mass is 16.5. The molecule has 0 aliphatic carbocycles. The summed E-state index contributed by atoms with van der Waals surface area (Å²) in [4.78, 5) is 25.4. The molecule has 0 heterocycles. The van der Waals surface area contributed by atoms with Crippen LogP contribution in [0.1, 0.15) is 112 Å². The number of esters is 2. The standard InChI is InChI=1S/C26H42O5/c1-4-6-8-10-14-21-30-25(27)23-18-12-13-19-24(23)26(28)31-22(17-15-20-29-3)16-11-9-7-5-2/h12-13,18-19,22H,4-11,14-17,20-21H2,1-3H3. The maximum Gasteiger partial charge on any atom is 0.339 e. The zero-order valence-corrected chi connectivity index (χ0v) is 19.8. The van der Waals surface area contributed by atoms with E-state index in [2.05, 4.69) is 13.8 Å². The molecule has 0 radical (unpaired) electrons. The van der Waals surface area contributed by atoms with Gasteiger partial charge in [-0.2, -0.15) is 0 Å². The predicted octanol–water partition coefficient (Wildman–Crippen LogP) is 6.74. The first kappa shape index (κ1) is 27.2. The van der Waals surface area contributed by atoms with Gasteiger partial charge in [-0.25, -0.2) is 9.59 Å². The molecule has 1 rings (SSSR count). The van der Waals surface area contributed by atoms with Gasteiger partial charge in [0, 0.05) is 13.7 Å². The van der Waals surface area contributed by atoms with Crippen LogP contribution in [-0.4, -0.2) is 38.4 Å². The van der Waals surface area contributed by atoms with Crippen molar-refractivity contribution in [2.75, 3.05) is 20.3 Å². The van der Waals surface area contributed by atoms with Gasteiger partial charge in [0.15, 0.2) is 0 Å². The van der Waals surface area contributed by atoms with Crippen molar-refractivity contribution in [1.82, 2.24) is 0 Å². The molecule has 1 aromatic rings. The summed E-state index contributed by atoms with van der Waals surface area (Å²) in [6, 6.07) is 6.77. The van der Waals surface area contributed by atoms with E-state index >= 15 is 0 Å².